The molecule has 0 saturated carbocycles. The van der Waals surface area contributed by atoms with Gasteiger partial charge < -0.3 is 4.74 Å². The first-order valence-corrected chi connectivity index (χ1v) is 7.29. The first-order valence-electron chi connectivity index (χ1n) is 7.29. The van der Waals surface area contributed by atoms with Crippen molar-refractivity contribution in [3.63, 3.8) is 0 Å². The maximum Gasteiger partial charge on any atom is 0.363 e. The second-order valence-corrected chi connectivity index (χ2v) is 5.45. The molecule has 0 fully saturated rings. The topological polar surface area (TPSA) is 81.8 Å². The van der Waals surface area contributed by atoms with Crippen molar-refractivity contribution in [2.45, 2.75) is 13.8 Å². The Hall–Kier alpha value is -3.28. The lowest BCUT2D eigenvalue weighted by Gasteiger charge is -2.03. The fourth-order valence-corrected chi connectivity index (χ4v) is 2.33. The Morgan fingerprint density at radius 3 is 2.58 bits per heavy atom. The van der Waals surface area contributed by atoms with Gasteiger partial charge in [0.15, 0.2) is 5.70 Å². The summed E-state index contributed by atoms with van der Waals surface area (Å²) in [6.07, 6.45) is 1.37. The van der Waals surface area contributed by atoms with E-state index in [0.717, 1.165) is 11.1 Å². The van der Waals surface area contributed by atoms with Crippen LogP contribution in [0.1, 0.15) is 22.3 Å². The molecule has 6 nitrogen and oxygen atoms in total. The molecule has 0 unspecified atom stereocenters. The summed E-state index contributed by atoms with van der Waals surface area (Å²) in [4.78, 5) is 26.8. The number of ether oxygens (including phenoxy) is 1. The van der Waals surface area contributed by atoms with Gasteiger partial charge in [0.25, 0.3) is 5.69 Å². The van der Waals surface area contributed by atoms with Crippen molar-refractivity contribution in [1.82, 2.24) is 0 Å². The normalized spacial score (nSPS) is 15.3. The lowest BCUT2D eigenvalue weighted by Crippen LogP contribution is -2.05. The highest BCUT2D eigenvalue weighted by Gasteiger charge is 2.25. The molecule has 1 aliphatic heterocycles. The molecule has 6 heteroatoms. The molecule has 0 atom stereocenters. The van der Waals surface area contributed by atoms with Gasteiger partial charge in [-0.05, 0) is 49.2 Å². The number of para-hydroxylation sites is 1. The number of carbonyl (C=O) groups excluding carboxylic acids is 1. The van der Waals surface area contributed by atoms with E-state index in [2.05, 4.69) is 4.99 Å². The molecule has 2 aromatic rings. The molecule has 24 heavy (non-hydrogen) atoms. The standard InChI is InChI=1S/C18H14N2O4/c1-11-7-8-14(9-12(11)2)17-19-15(18(21)24-17)10-13-5-3-4-6-16(13)20(22)23/h3-10H,1-2H3. The van der Waals surface area contributed by atoms with Crippen molar-refractivity contribution in [3.05, 3.63) is 80.5 Å². The lowest BCUT2D eigenvalue weighted by atomic mass is 10.1. The summed E-state index contributed by atoms with van der Waals surface area (Å²) in [6.45, 7) is 3.95. The van der Waals surface area contributed by atoms with Gasteiger partial charge in [-0.1, -0.05) is 18.2 Å². The van der Waals surface area contributed by atoms with Gasteiger partial charge in [-0.2, -0.15) is 0 Å². The summed E-state index contributed by atoms with van der Waals surface area (Å²) in [6, 6.07) is 11.8. The van der Waals surface area contributed by atoms with Gasteiger partial charge in [0.2, 0.25) is 5.90 Å². The van der Waals surface area contributed by atoms with E-state index in [4.69, 9.17) is 4.74 Å². The number of esters is 1. The minimum absolute atomic E-state index is 0.0394. The van der Waals surface area contributed by atoms with Gasteiger partial charge in [0.05, 0.1) is 10.5 Å². The van der Waals surface area contributed by atoms with Crippen LogP contribution in [0.3, 0.4) is 0 Å². The second-order valence-electron chi connectivity index (χ2n) is 5.45. The summed E-state index contributed by atoms with van der Waals surface area (Å²) >= 11 is 0. The summed E-state index contributed by atoms with van der Waals surface area (Å²) in [5.41, 5.74) is 3.13. The third-order valence-electron chi connectivity index (χ3n) is 3.80. The van der Waals surface area contributed by atoms with E-state index in [1.54, 1.807) is 18.2 Å². The molecular weight excluding hydrogens is 308 g/mol. The Bertz CT molecular complexity index is 913. The average Bonchev–Trinajstić information content (AvgIpc) is 2.91. The molecular formula is C18H14N2O4. The Balaban J connectivity index is 2.00. The molecule has 0 N–H and O–H groups in total. The van der Waals surface area contributed by atoms with Crippen LogP contribution in [0.5, 0.6) is 0 Å². The van der Waals surface area contributed by atoms with Crippen molar-refractivity contribution in [2.24, 2.45) is 4.99 Å². The van der Waals surface area contributed by atoms with Crippen LogP contribution < -0.4 is 0 Å². The Kier molecular flexibility index (Phi) is 3.95. The maximum atomic E-state index is 12.0. The first kappa shape index (κ1) is 15.6. The number of carbonyl (C=O) groups is 1. The Labute approximate surface area is 138 Å². The highest BCUT2D eigenvalue weighted by molar-refractivity contribution is 6.13. The molecule has 1 aliphatic rings. The highest BCUT2D eigenvalue weighted by atomic mass is 16.6. The molecule has 0 amide bonds. The van der Waals surface area contributed by atoms with E-state index in [1.165, 1.54) is 12.1 Å². The molecule has 0 aliphatic carbocycles. The lowest BCUT2D eigenvalue weighted by molar-refractivity contribution is -0.385. The first-order chi connectivity index (χ1) is 11.5. The number of aryl methyl sites for hydroxylation is 2. The number of rotatable bonds is 3. The number of nitro groups is 1. The van der Waals surface area contributed by atoms with Gasteiger partial charge in [0.1, 0.15) is 0 Å². The molecule has 0 bridgehead atoms. The quantitative estimate of drug-likeness (QED) is 0.374. The van der Waals surface area contributed by atoms with Crippen LogP contribution >= 0.6 is 0 Å². The number of hydrogen-bond donors (Lipinski definition) is 0. The highest BCUT2D eigenvalue weighted by Crippen LogP contribution is 2.24. The largest absolute Gasteiger partial charge is 0.402 e. The molecule has 3 rings (SSSR count). The minimum Gasteiger partial charge on any atom is -0.402 e. The average molecular weight is 322 g/mol. The van der Waals surface area contributed by atoms with Crippen LogP contribution in [0, 0.1) is 24.0 Å². The summed E-state index contributed by atoms with van der Waals surface area (Å²) in [7, 11) is 0. The van der Waals surface area contributed by atoms with Crippen LogP contribution in [0.15, 0.2) is 53.2 Å². The number of aliphatic imine (C=N–C) groups is 1. The van der Waals surface area contributed by atoms with Gasteiger partial charge in [-0.3, -0.25) is 10.1 Å². The van der Waals surface area contributed by atoms with Crippen LogP contribution in [0.25, 0.3) is 6.08 Å². The SMILES string of the molecule is Cc1ccc(C2=NC(=Cc3ccccc3[N+](=O)[O-])C(=O)O2)cc1C. The zero-order valence-electron chi connectivity index (χ0n) is 13.1. The number of nitrogens with zero attached hydrogens (tertiary/aromatic N) is 2. The number of nitro benzene ring substituents is 1. The maximum absolute atomic E-state index is 12.0. The van der Waals surface area contributed by atoms with Gasteiger partial charge >= 0.3 is 5.97 Å². The predicted molar refractivity (Wildman–Crippen MR) is 89.6 cm³/mol. The fraction of sp³-hybridized carbons (Fsp3) is 0.111. The van der Waals surface area contributed by atoms with Crippen molar-refractivity contribution in [3.8, 4) is 0 Å². The molecule has 120 valence electrons. The molecule has 0 spiro atoms. The van der Waals surface area contributed by atoms with Crippen molar-refractivity contribution < 1.29 is 14.5 Å². The molecule has 0 saturated heterocycles. The third kappa shape index (κ3) is 2.94. The number of cyclic esters (lactones) is 1. The minimum atomic E-state index is -0.624. The summed E-state index contributed by atoms with van der Waals surface area (Å²) in [5, 5.41) is 11.1. The summed E-state index contributed by atoms with van der Waals surface area (Å²) in [5.74, 6) is -0.422. The van der Waals surface area contributed by atoms with Crippen LogP contribution in [-0.2, 0) is 9.53 Å². The Morgan fingerprint density at radius 1 is 1.12 bits per heavy atom. The van der Waals surface area contributed by atoms with Gasteiger partial charge in [0, 0.05) is 11.6 Å². The van der Waals surface area contributed by atoms with E-state index >= 15 is 0 Å². The van der Waals surface area contributed by atoms with E-state index in [9.17, 15) is 14.9 Å². The summed E-state index contributed by atoms with van der Waals surface area (Å²) < 4.78 is 5.20. The zero-order valence-corrected chi connectivity index (χ0v) is 13.1. The van der Waals surface area contributed by atoms with Crippen LogP contribution in [0.4, 0.5) is 5.69 Å². The van der Waals surface area contributed by atoms with Gasteiger partial charge in [-0.25, -0.2) is 9.79 Å². The number of benzene rings is 2. The second kappa shape index (κ2) is 6.08. The van der Waals surface area contributed by atoms with E-state index in [1.807, 2.05) is 32.0 Å². The Morgan fingerprint density at radius 2 is 1.88 bits per heavy atom. The third-order valence-corrected chi connectivity index (χ3v) is 3.80. The van der Waals surface area contributed by atoms with Crippen LogP contribution in [0.2, 0.25) is 0 Å². The monoisotopic (exact) mass is 322 g/mol. The molecule has 0 aromatic heterocycles. The molecule has 1 heterocycles. The van der Waals surface area contributed by atoms with Crippen LogP contribution in [-0.4, -0.2) is 16.8 Å². The molecule has 2 aromatic carbocycles. The fourth-order valence-electron chi connectivity index (χ4n) is 2.33. The zero-order chi connectivity index (χ0) is 17.3. The van der Waals surface area contributed by atoms with E-state index in [0.29, 0.717) is 11.1 Å². The van der Waals surface area contributed by atoms with E-state index < -0.39 is 10.9 Å². The smallest absolute Gasteiger partial charge is 0.363 e. The van der Waals surface area contributed by atoms with Crippen molar-refractivity contribution >= 4 is 23.6 Å². The predicted octanol–water partition coefficient (Wildman–Crippen LogP) is 3.56. The van der Waals surface area contributed by atoms with Crippen molar-refractivity contribution in [2.75, 3.05) is 0 Å². The van der Waals surface area contributed by atoms with Gasteiger partial charge in [-0.15, -0.1) is 0 Å². The van der Waals surface area contributed by atoms with E-state index in [-0.39, 0.29) is 17.3 Å². The van der Waals surface area contributed by atoms with Crippen molar-refractivity contribution in [1.29, 1.82) is 0 Å². The molecule has 0 radical (unpaired) electrons. The number of hydrogen-bond acceptors (Lipinski definition) is 5.